The van der Waals surface area contributed by atoms with Crippen LogP contribution in [0.15, 0.2) is 47.5 Å². The van der Waals surface area contributed by atoms with Crippen LogP contribution in [-0.4, -0.2) is 15.0 Å². The molecule has 0 aliphatic rings. The van der Waals surface area contributed by atoms with E-state index in [9.17, 15) is 0 Å². The van der Waals surface area contributed by atoms with Crippen LogP contribution in [0.3, 0.4) is 0 Å². The first-order chi connectivity index (χ1) is 10.3. The van der Waals surface area contributed by atoms with E-state index >= 15 is 0 Å². The van der Waals surface area contributed by atoms with Gasteiger partial charge in [0.1, 0.15) is 23.4 Å². The van der Waals surface area contributed by atoms with Gasteiger partial charge in [0.05, 0.1) is 11.6 Å². The highest BCUT2D eigenvalue weighted by molar-refractivity contribution is 5.93. The maximum absolute atomic E-state index is 5.36. The van der Waals surface area contributed by atoms with Crippen molar-refractivity contribution in [1.82, 2.24) is 15.0 Å². The molecule has 0 aliphatic carbocycles. The zero-order valence-electron chi connectivity index (χ0n) is 11.6. The summed E-state index contributed by atoms with van der Waals surface area (Å²) in [6.07, 6.45) is 6.18. The number of rotatable bonds is 3. The number of nitrogens with zero attached hydrogens (tertiary/aromatic N) is 2. The minimum atomic E-state index is 0.820. The smallest absolute Gasteiger partial charge is 0.143 e. The summed E-state index contributed by atoms with van der Waals surface area (Å²) in [5.74, 6) is 0.820. The highest BCUT2D eigenvalue weighted by Crippen LogP contribution is 2.28. The molecule has 0 atom stereocenters. The molecular weight excluding hydrogens is 264 g/mol. The third-order valence-electron chi connectivity index (χ3n) is 3.65. The van der Waals surface area contributed by atoms with Gasteiger partial charge in [-0.25, -0.2) is 9.97 Å². The molecule has 3 aromatic heterocycles. The Morgan fingerprint density at radius 3 is 3.10 bits per heavy atom. The number of hydrogen-bond donors (Lipinski definition) is 2. The van der Waals surface area contributed by atoms with Gasteiger partial charge in [-0.1, -0.05) is 6.92 Å². The van der Waals surface area contributed by atoms with Crippen molar-refractivity contribution in [2.45, 2.75) is 13.3 Å². The summed E-state index contributed by atoms with van der Waals surface area (Å²) in [5.41, 5.74) is 3.92. The molecule has 0 aliphatic heterocycles. The van der Waals surface area contributed by atoms with Crippen molar-refractivity contribution in [2.75, 3.05) is 5.32 Å². The van der Waals surface area contributed by atoms with Gasteiger partial charge in [0.2, 0.25) is 0 Å². The molecule has 0 saturated heterocycles. The van der Waals surface area contributed by atoms with Crippen molar-refractivity contribution in [3.8, 4) is 0 Å². The van der Waals surface area contributed by atoms with Crippen LogP contribution in [0.4, 0.5) is 11.5 Å². The number of H-pyrrole nitrogens is 1. The van der Waals surface area contributed by atoms with E-state index in [1.54, 1.807) is 12.6 Å². The van der Waals surface area contributed by atoms with Crippen LogP contribution in [0.1, 0.15) is 12.5 Å². The molecule has 0 saturated carbocycles. The first-order valence-electron chi connectivity index (χ1n) is 6.90. The SMILES string of the molecule is CCc1c[nH]c2ncnc(Nc3ccc4occc4c3)c12. The Kier molecular flexibility index (Phi) is 2.64. The van der Waals surface area contributed by atoms with Gasteiger partial charge in [0, 0.05) is 17.3 Å². The first-order valence-corrected chi connectivity index (χ1v) is 6.90. The summed E-state index contributed by atoms with van der Waals surface area (Å²) in [5, 5.41) is 5.49. The molecule has 0 bridgehead atoms. The van der Waals surface area contributed by atoms with Crippen LogP contribution in [0.2, 0.25) is 0 Å². The number of nitrogens with one attached hydrogen (secondary N) is 2. The van der Waals surface area contributed by atoms with Crippen LogP contribution >= 0.6 is 0 Å². The fraction of sp³-hybridized carbons (Fsp3) is 0.125. The van der Waals surface area contributed by atoms with Crippen LogP contribution in [-0.2, 0) is 6.42 Å². The Morgan fingerprint density at radius 2 is 2.19 bits per heavy atom. The molecule has 0 spiro atoms. The lowest BCUT2D eigenvalue weighted by molar-refractivity contribution is 0.616. The number of aromatic nitrogens is 3. The topological polar surface area (TPSA) is 66.7 Å². The lowest BCUT2D eigenvalue weighted by Crippen LogP contribution is -1.96. The fourth-order valence-corrected chi connectivity index (χ4v) is 2.58. The summed E-state index contributed by atoms with van der Waals surface area (Å²) < 4.78 is 5.36. The molecule has 104 valence electrons. The number of furan rings is 1. The second-order valence-electron chi connectivity index (χ2n) is 4.91. The minimum Gasteiger partial charge on any atom is -0.464 e. The van der Waals surface area contributed by atoms with Crippen LogP contribution in [0, 0.1) is 0 Å². The number of benzene rings is 1. The summed E-state index contributed by atoms with van der Waals surface area (Å²) in [4.78, 5) is 11.8. The van der Waals surface area contributed by atoms with Gasteiger partial charge in [0.15, 0.2) is 0 Å². The molecule has 0 amide bonds. The van der Waals surface area contributed by atoms with E-state index in [1.807, 2.05) is 30.5 Å². The maximum atomic E-state index is 5.36. The monoisotopic (exact) mass is 278 g/mol. The van der Waals surface area contributed by atoms with Crippen LogP contribution < -0.4 is 5.32 Å². The zero-order valence-corrected chi connectivity index (χ0v) is 11.6. The van der Waals surface area contributed by atoms with Gasteiger partial charge in [0.25, 0.3) is 0 Å². The third kappa shape index (κ3) is 1.94. The lowest BCUT2D eigenvalue weighted by Gasteiger charge is -2.07. The van der Waals surface area contributed by atoms with Crippen molar-refractivity contribution >= 4 is 33.5 Å². The zero-order chi connectivity index (χ0) is 14.2. The maximum Gasteiger partial charge on any atom is 0.143 e. The normalized spacial score (nSPS) is 11.3. The van der Waals surface area contributed by atoms with E-state index in [1.165, 1.54) is 5.56 Å². The molecule has 4 rings (SSSR count). The molecule has 0 fully saturated rings. The largest absolute Gasteiger partial charge is 0.464 e. The molecule has 0 unspecified atom stereocenters. The molecular formula is C16H14N4O. The van der Waals surface area contributed by atoms with E-state index in [-0.39, 0.29) is 0 Å². The fourth-order valence-electron chi connectivity index (χ4n) is 2.58. The van der Waals surface area contributed by atoms with Gasteiger partial charge in [-0.15, -0.1) is 0 Å². The molecule has 4 aromatic rings. The van der Waals surface area contributed by atoms with Crippen molar-refractivity contribution in [3.05, 3.63) is 48.6 Å². The molecule has 2 N–H and O–H groups in total. The van der Waals surface area contributed by atoms with Gasteiger partial charge in [-0.3, -0.25) is 0 Å². The third-order valence-corrected chi connectivity index (χ3v) is 3.65. The van der Waals surface area contributed by atoms with Crippen molar-refractivity contribution in [2.24, 2.45) is 0 Å². The minimum absolute atomic E-state index is 0.820. The van der Waals surface area contributed by atoms with Gasteiger partial charge >= 0.3 is 0 Å². The summed E-state index contributed by atoms with van der Waals surface area (Å²) >= 11 is 0. The Morgan fingerprint density at radius 1 is 1.24 bits per heavy atom. The van der Waals surface area contributed by atoms with Gasteiger partial charge < -0.3 is 14.7 Å². The van der Waals surface area contributed by atoms with E-state index < -0.39 is 0 Å². The number of anilines is 2. The highest BCUT2D eigenvalue weighted by Gasteiger charge is 2.10. The van der Waals surface area contributed by atoms with Gasteiger partial charge in [-0.2, -0.15) is 0 Å². The Balaban J connectivity index is 1.81. The average Bonchev–Trinajstić information content (AvgIpc) is 3.13. The number of aryl methyl sites for hydroxylation is 1. The summed E-state index contributed by atoms with van der Waals surface area (Å²) in [6, 6.07) is 7.93. The second-order valence-corrected chi connectivity index (χ2v) is 4.91. The van der Waals surface area contributed by atoms with E-state index in [0.717, 1.165) is 39.9 Å². The van der Waals surface area contributed by atoms with Crippen molar-refractivity contribution < 1.29 is 4.42 Å². The molecule has 5 heteroatoms. The molecule has 0 radical (unpaired) electrons. The summed E-state index contributed by atoms with van der Waals surface area (Å²) in [6.45, 7) is 2.12. The molecule has 21 heavy (non-hydrogen) atoms. The number of aromatic amines is 1. The summed E-state index contributed by atoms with van der Waals surface area (Å²) in [7, 11) is 0. The standard InChI is InChI=1S/C16H14N4O/c1-2-10-8-17-15-14(10)16(19-9-18-15)20-12-3-4-13-11(7-12)5-6-21-13/h3-9H,2H2,1H3,(H2,17,18,19,20). The second kappa shape index (κ2) is 4.63. The number of fused-ring (bicyclic) bond motifs is 2. The van der Waals surface area contributed by atoms with Crippen LogP contribution in [0.25, 0.3) is 22.0 Å². The highest BCUT2D eigenvalue weighted by atomic mass is 16.3. The first kappa shape index (κ1) is 12.0. The van der Waals surface area contributed by atoms with E-state index in [0.29, 0.717) is 0 Å². The van der Waals surface area contributed by atoms with Crippen molar-refractivity contribution in [3.63, 3.8) is 0 Å². The molecule has 5 nitrogen and oxygen atoms in total. The predicted molar refractivity (Wildman–Crippen MR) is 82.8 cm³/mol. The quantitative estimate of drug-likeness (QED) is 0.594. The van der Waals surface area contributed by atoms with E-state index in [4.69, 9.17) is 4.42 Å². The van der Waals surface area contributed by atoms with E-state index in [2.05, 4.69) is 27.2 Å². The van der Waals surface area contributed by atoms with Crippen molar-refractivity contribution in [1.29, 1.82) is 0 Å². The average molecular weight is 278 g/mol. The molecule has 1 aromatic carbocycles. The van der Waals surface area contributed by atoms with Gasteiger partial charge in [-0.05, 0) is 36.2 Å². The predicted octanol–water partition coefficient (Wildman–Crippen LogP) is 4.01. The lowest BCUT2D eigenvalue weighted by atomic mass is 10.2. The Bertz CT molecular complexity index is 922. The van der Waals surface area contributed by atoms with Crippen LogP contribution in [0.5, 0.6) is 0 Å². The molecule has 3 heterocycles. The Labute approximate surface area is 121 Å². The number of hydrogen-bond acceptors (Lipinski definition) is 4. The Hall–Kier alpha value is -2.82.